The van der Waals surface area contributed by atoms with Crippen molar-refractivity contribution in [3.63, 3.8) is 0 Å². The van der Waals surface area contributed by atoms with Gasteiger partial charge in [-0.1, -0.05) is 59.6 Å². The maximum atomic E-state index is 13.5. The Labute approximate surface area is 153 Å². The Balaban J connectivity index is 1.87. The van der Waals surface area contributed by atoms with Gasteiger partial charge in [0.1, 0.15) is 0 Å². The molecule has 1 aliphatic carbocycles. The molecule has 0 saturated heterocycles. The summed E-state index contributed by atoms with van der Waals surface area (Å²) in [6.07, 6.45) is 0.391. The van der Waals surface area contributed by atoms with Crippen molar-refractivity contribution in [3.8, 4) is 0 Å². The summed E-state index contributed by atoms with van der Waals surface area (Å²) >= 11 is 12.5. The predicted octanol–water partition coefficient (Wildman–Crippen LogP) is 6.84. The molecule has 1 aliphatic heterocycles. The van der Waals surface area contributed by atoms with Crippen LogP contribution >= 0.6 is 23.2 Å². The number of hydrogen-bond donors (Lipinski definition) is 1. The minimum atomic E-state index is -4.40. The van der Waals surface area contributed by atoms with E-state index < -0.39 is 17.8 Å². The van der Waals surface area contributed by atoms with Crippen LogP contribution in [0.3, 0.4) is 0 Å². The molecule has 0 aromatic heterocycles. The third kappa shape index (κ3) is 2.72. The van der Waals surface area contributed by atoms with Crippen LogP contribution in [0.25, 0.3) is 0 Å². The van der Waals surface area contributed by atoms with Crippen molar-refractivity contribution in [2.24, 2.45) is 5.92 Å². The largest absolute Gasteiger partial charge is 0.416 e. The van der Waals surface area contributed by atoms with Crippen molar-refractivity contribution in [1.82, 2.24) is 0 Å². The highest BCUT2D eigenvalue weighted by molar-refractivity contribution is 6.43. The fourth-order valence-electron chi connectivity index (χ4n) is 3.94. The van der Waals surface area contributed by atoms with Crippen LogP contribution in [0.2, 0.25) is 10.0 Å². The third-order valence-corrected chi connectivity index (χ3v) is 5.83. The van der Waals surface area contributed by atoms with Gasteiger partial charge >= 0.3 is 6.18 Å². The zero-order valence-electron chi connectivity index (χ0n) is 12.9. The number of fused-ring (bicyclic) bond motifs is 3. The average molecular weight is 384 g/mol. The van der Waals surface area contributed by atoms with Crippen molar-refractivity contribution in [2.75, 3.05) is 5.32 Å². The number of benzene rings is 2. The molecule has 6 heteroatoms. The van der Waals surface area contributed by atoms with Crippen LogP contribution in [0, 0.1) is 5.92 Å². The summed E-state index contributed by atoms with van der Waals surface area (Å²) < 4.78 is 40.5. The van der Waals surface area contributed by atoms with Gasteiger partial charge in [0.25, 0.3) is 0 Å². The van der Waals surface area contributed by atoms with Gasteiger partial charge in [0.15, 0.2) is 0 Å². The van der Waals surface area contributed by atoms with Gasteiger partial charge < -0.3 is 5.32 Å². The summed E-state index contributed by atoms with van der Waals surface area (Å²) in [5.41, 5.74) is 1.24. The van der Waals surface area contributed by atoms with Gasteiger partial charge in [0.05, 0.1) is 27.3 Å². The lowest BCUT2D eigenvalue weighted by Crippen LogP contribution is -2.31. The highest BCUT2D eigenvalue weighted by atomic mass is 35.5. The molecule has 0 radical (unpaired) electrons. The first kappa shape index (κ1) is 16.8. The van der Waals surface area contributed by atoms with Crippen molar-refractivity contribution in [3.05, 3.63) is 75.3 Å². The highest BCUT2D eigenvalue weighted by Gasteiger charge is 2.43. The summed E-state index contributed by atoms with van der Waals surface area (Å²) in [4.78, 5) is 0. The van der Waals surface area contributed by atoms with Crippen molar-refractivity contribution >= 4 is 28.9 Å². The fourth-order valence-corrected chi connectivity index (χ4v) is 4.32. The Hall–Kier alpha value is -1.65. The normalized spacial score (nSPS) is 24.6. The Morgan fingerprint density at radius 1 is 1.00 bits per heavy atom. The maximum absolute atomic E-state index is 13.5. The van der Waals surface area contributed by atoms with Gasteiger partial charge in [-0.3, -0.25) is 0 Å². The van der Waals surface area contributed by atoms with E-state index >= 15 is 0 Å². The molecule has 0 saturated carbocycles. The van der Waals surface area contributed by atoms with Crippen LogP contribution in [0.5, 0.6) is 0 Å². The summed E-state index contributed by atoms with van der Waals surface area (Å²) in [5.74, 6) is 0.0329. The third-order valence-electron chi connectivity index (χ3n) is 5.03. The van der Waals surface area contributed by atoms with Crippen molar-refractivity contribution in [1.29, 1.82) is 0 Å². The van der Waals surface area contributed by atoms with E-state index in [-0.39, 0.29) is 17.4 Å². The van der Waals surface area contributed by atoms with Crippen LogP contribution in [0.4, 0.5) is 18.9 Å². The van der Waals surface area contributed by atoms with Gasteiger partial charge in [-0.25, -0.2) is 0 Å². The molecule has 25 heavy (non-hydrogen) atoms. The number of nitrogens with one attached hydrogen (secondary N) is 1. The Bertz CT molecular complexity index is 860. The molecule has 3 atom stereocenters. The lowest BCUT2D eigenvalue weighted by atomic mass is 9.76. The molecule has 0 spiro atoms. The van der Waals surface area contributed by atoms with Crippen LogP contribution in [0.1, 0.15) is 35.1 Å². The molecular formula is C19H14Cl2F3N. The van der Waals surface area contributed by atoms with E-state index in [9.17, 15) is 13.2 Å². The number of alkyl halides is 3. The first-order valence-corrected chi connectivity index (χ1v) is 8.70. The van der Waals surface area contributed by atoms with E-state index in [4.69, 9.17) is 23.2 Å². The zero-order chi connectivity index (χ0) is 17.8. The monoisotopic (exact) mass is 383 g/mol. The van der Waals surface area contributed by atoms with Gasteiger partial charge in [0.2, 0.25) is 0 Å². The van der Waals surface area contributed by atoms with E-state index in [1.807, 2.05) is 12.1 Å². The molecular weight excluding hydrogens is 370 g/mol. The second-order valence-electron chi connectivity index (χ2n) is 6.39. The highest BCUT2D eigenvalue weighted by Crippen LogP contribution is 2.53. The molecule has 130 valence electrons. The molecule has 0 bridgehead atoms. The van der Waals surface area contributed by atoms with Crippen LogP contribution in [-0.4, -0.2) is 0 Å². The molecule has 3 unspecified atom stereocenters. The molecule has 1 nitrogen and oxygen atoms in total. The van der Waals surface area contributed by atoms with E-state index in [1.165, 1.54) is 6.07 Å². The van der Waals surface area contributed by atoms with E-state index in [0.717, 1.165) is 11.6 Å². The fraction of sp³-hybridized carbons (Fsp3) is 0.263. The minimum Gasteiger partial charge on any atom is -0.376 e. The predicted molar refractivity (Wildman–Crippen MR) is 94.3 cm³/mol. The molecule has 1 heterocycles. The molecule has 4 rings (SSSR count). The molecule has 1 N–H and O–H groups in total. The second-order valence-corrected chi connectivity index (χ2v) is 7.17. The first-order chi connectivity index (χ1) is 11.9. The average Bonchev–Trinajstić information content (AvgIpc) is 3.06. The molecule has 2 aliphatic rings. The van der Waals surface area contributed by atoms with Gasteiger partial charge in [-0.15, -0.1) is 0 Å². The Morgan fingerprint density at radius 3 is 2.52 bits per heavy atom. The van der Waals surface area contributed by atoms with Crippen LogP contribution in [-0.2, 0) is 6.18 Å². The number of hydrogen-bond acceptors (Lipinski definition) is 1. The van der Waals surface area contributed by atoms with Crippen molar-refractivity contribution < 1.29 is 13.2 Å². The molecule has 0 fully saturated rings. The quantitative estimate of drug-likeness (QED) is 0.531. The summed E-state index contributed by atoms with van der Waals surface area (Å²) in [5, 5.41) is 3.99. The van der Waals surface area contributed by atoms with Gasteiger partial charge in [-0.2, -0.15) is 13.2 Å². The Kier molecular flexibility index (Phi) is 4.00. The number of halogens is 5. The number of rotatable bonds is 1. The Morgan fingerprint density at radius 2 is 1.76 bits per heavy atom. The SMILES string of the molecule is FC(F)(F)c1ccccc1C1Nc2c(ccc(Cl)c2Cl)C2C=CCC21. The van der Waals surface area contributed by atoms with Gasteiger partial charge in [0, 0.05) is 5.92 Å². The molecule has 0 amide bonds. The second kappa shape index (κ2) is 5.96. The number of allylic oxidation sites excluding steroid dienone is 2. The minimum absolute atomic E-state index is 0.00763. The number of anilines is 1. The summed E-state index contributed by atoms with van der Waals surface area (Å²) in [6, 6.07) is 8.87. The smallest absolute Gasteiger partial charge is 0.376 e. The molecule has 2 aromatic carbocycles. The molecule has 2 aromatic rings. The topological polar surface area (TPSA) is 12.0 Å². The summed E-state index contributed by atoms with van der Waals surface area (Å²) in [6.45, 7) is 0. The lowest BCUT2D eigenvalue weighted by molar-refractivity contribution is -0.138. The van der Waals surface area contributed by atoms with Gasteiger partial charge in [-0.05, 0) is 35.6 Å². The van der Waals surface area contributed by atoms with E-state index in [0.29, 0.717) is 22.2 Å². The lowest BCUT2D eigenvalue weighted by Gasteiger charge is -2.39. The van der Waals surface area contributed by atoms with Crippen LogP contribution < -0.4 is 5.32 Å². The van der Waals surface area contributed by atoms with Crippen molar-refractivity contribution in [2.45, 2.75) is 24.6 Å². The van der Waals surface area contributed by atoms with E-state index in [2.05, 4.69) is 11.4 Å². The standard InChI is InChI=1S/C19H14Cl2F3N/c20-15-9-8-12-10-5-3-6-11(10)17(25-18(12)16(15)21)13-4-1-2-7-14(13)19(22,23)24/h1-5,7-11,17,25H,6H2. The zero-order valence-corrected chi connectivity index (χ0v) is 14.5. The van der Waals surface area contributed by atoms with Crippen LogP contribution in [0.15, 0.2) is 48.6 Å². The van der Waals surface area contributed by atoms with E-state index in [1.54, 1.807) is 18.2 Å². The first-order valence-electron chi connectivity index (χ1n) is 7.95. The maximum Gasteiger partial charge on any atom is 0.416 e. The summed E-state index contributed by atoms with van der Waals surface area (Å²) in [7, 11) is 0.